The van der Waals surface area contributed by atoms with Crippen LogP contribution in [0.2, 0.25) is 0 Å². The predicted octanol–water partition coefficient (Wildman–Crippen LogP) is 4.68. The lowest BCUT2D eigenvalue weighted by atomic mass is 9.57. The normalized spacial score (nSPS) is 29.1. The van der Waals surface area contributed by atoms with Gasteiger partial charge in [-0.1, -0.05) is 37.1 Å². The van der Waals surface area contributed by atoms with E-state index < -0.39 is 0 Å². The number of benzene rings is 1. The van der Waals surface area contributed by atoms with Gasteiger partial charge in [0.2, 0.25) is 0 Å². The van der Waals surface area contributed by atoms with Crippen LogP contribution in [0.3, 0.4) is 0 Å². The molecule has 1 nitrogen and oxygen atoms in total. The second kappa shape index (κ2) is 3.85. The molecule has 1 aromatic rings. The summed E-state index contributed by atoms with van der Waals surface area (Å²) in [5.41, 5.74) is 4.16. The molecule has 19 heavy (non-hydrogen) atoms. The van der Waals surface area contributed by atoms with Gasteiger partial charge in [-0.25, -0.2) is 0 Å². The highest BCUT2D eigenvalue weighted by molar-refractivity contribution is 5.47. The molecular weight excluding hydrogens is 230 g/mol. The number of rotatable bonds is 1. The zero-order valence-electron chi connectivity index (χ0n) is 11.5. The highest BCUT2D eigenvalue weighted by atomic mass is 14.7. The Labute approximate surface area is 115 Å². The summed E-state index contributed by atoms with van der Waals surface area (Å²) in [7, 11) is 0. The number of hydrogen-bond donors (Lipinski definition) is 0. The summed E-state index contributed by atoms with van der Waals surface area (Å²) in [5, 5.41) is 9.17. The lowest BCUT2D eigenvalue weighted by Gasteiger charge is -2.47. The van der Waals surface area contributed by atoms with E-state index in [2.05, 4.69) is 30.3 Å². The van der Waals surface area contributed by atoms with E-state index in [9.17, 15) is 5.26 Å². The summed E-state index contributed by atoms with van der Waals surface area (Å²) in [6.45, 7) is 0. The summed E-state index contributed by atoms with van der Waals surface area (Å²) in [6.07, 6.45) is 10.4. The molecule has 2 fully saturated rings. The van der Waals surface area contributed by atoms with E-state index in [1.165, 1.54) is 50.5 Å². The maximum atomic E-state index is 9.17. The monoisotopic (exact) mass is 251 g/mol. The van der Waals surface area contributed by atoms with Crippen molar-refractivity contribution in [3.8, 4) is 6.07 Å². The fourth-order valence-corrected chi connectivity index (χ4v) is 5.30. The Morgan fingerprint density at radius 2 is 1.84 bits per heavy atom. The van der Waals surface area contributed by atoms with Gasteiger partial charge in [0.25, 0.3) is 0 Å². The fourth-order valence-electron chi connectivity index (χ4n) is 5.30. The molecule has 1 unspecified atom stereocenters. The average Bonchev–Trinajstić information content (AvgIpc) is 3.12. The van der Waals surface area contributed by atoms with Crippen molar-refractivity contribution in [1.29, 1.82) is 5.26 Å². The van der Waals surface area contributed by atoms with Crippen LogP contribution in [0, 0.1) is 16.7 Å². The first-order chi connectivity index (χ1) is 9.31. The van der Waals surface area contributed by atoms with Gasteiger partial charge < -0.3 is 0 Å². The molecule has 0 saturated heterocycles. The summed E-state index contributed by atoms with van der Waals surface area (Å²) in [4.78, 5) is 0. The van der Waals surface area contributed by atoms with E-state index in [1.54, 1.807) is 5.56 Å². The lowest BCUT2D eigenvalue weighted by molar-refractivity contribution is 0.156. The Morgan fingerprint density at radius 3 is 2.53 bits per heavy atom. The van der Waals surface area contributed by atoms with Crippen LogP contribution in [0.5, 0.6) is 0 Å². The van der Waals surface area contributed by atoms with E-state index >= 15 is 0 Å². The van der Waals surface area contributed by atoms with Gasteiger partial charge in [0.1, 0.15) is 0 Å². The van der Waals surface area contributed by atoms with Crippen molar-refractivity contribution < 1.29 is 0 Å². The zero-order chi connectivity index (χ0) is 12.9. The van der Waals surface area contributed by atoms with Crippen molar-refractivity contribution in [2.24, 2.45) is 5.41 Å². The molecule has 4 rings (SSSR count). The fraction of sp³-hybridized carbons (Fsp3) is 0.611. The van der Waals surface area contributed by atoms with Crippen molar-refractivity contribution in [1.82, 2.24) is 0 Å². The molecule has 0 radical (unpaired) electrons. The van der Waals surface area contributed by atoms with Gasteiger partial charge in [0.05, 0.1) is 6.07 Å². The minimum Gasteiger partial charge on any atom is -0.198 e. The molecule has 1 aromatic carbocycles. The maximum Gasteiger partial charge on any atom is 0.0628 e. The van der Waals surface area contributed by atoms with Crippen LogP contribution in [0.1, 0.15) is 68.4 Å². The summed E-state index contributed by atoms with van der Waals surface area (Å²) in [5.74, 6) is 0.491. The maximum absolute atomic E-state index is 9.17. The van der Waals surface area contributed by atoms with Crippen LogP contribution in [-0.2, 0) is 5.41 Å². The van der Waals surface area contributed by atoms with E-state index in [0.717, 1.165) is 0 Å². The highest BCUT2D eigenvalue weighted by Crippen LogP contribution is 2.71. The molecular formula is C18H21N. The smallest absolute Gasteiger partial charge is 0.0628 e. The molecule has 0 aliphatic heterocycles. The van der Waals surface area contributed by atoms with Crippen LogP contribution in [0.25, 0.3) is 0 Å². The number of hydrogen-bond acceptors (Lipinski definition) is 1. The SMILES string of the molecule is N#CCC1CC2(CCCC2)C2(CC2)c2ccccc21. The summed E-state index contributed by atoms with van der Waals surface area (Å²) < 4.78 is 0. The van der Waals surface area contributed by atoms with Crippen LogP contribution >= 0.6 is 0 Å². The molecule has 2 spiro atoms. The van der Waals surface area contributed by atoms with Crippen molar-refractivity contribution in [3.63, 3.8) is 0 Å². The van der Waals surface area contributed by atoms with Crippen molar-refractivity contribution in [2.75, 3.05) is 0 Å². The molecule has 0 aromatic heterocycles. The van der Waals surface area contributed by atoms with Crippen LogP contribution in [-0.4, -0.2) is 0 Å². The van der Waals surface area contributed by atoms with Crippen molar-refractivity contribution in [2.45, 2.75) is 62.7 Å². The third-order valence-electron chi connectivity index (χ3n) is 6.22. The first-order valence-electron chi connectivity index (χ1n) is 7.78. The third-order valence-corrected chi connectivity index (χ3v) is 6.22. The van der Waals surface area contributed by atoms with Gasteiger partial charge in [-0.05, 0) is 54.6 Å². The largest absolute Gasteiger partial charge is 0.198 e. The first-order valence-corrected chi connectivity index (χ1v) is 7.78. The van der Waals surface area contributed by atoms with E-state index in [1.807, 2.05) is 0 Å². The Balaban J connectivity index is 1.86. The summed E-state index contributed by atoms with van der Waals surface area (Å²) >= 11 is 0. The topological polar surface area (TPSA) is 23.8 Å². The summed E-state index contributed by atoms with van der Waals surface area (Å²) in [6, 6.07) is 11.5. The second-order valence-electron chi connectivity index (χ2n) is 6.92. The molecule has 0 heterocycles. The van der Waals surface area contributed by atoms with Crippen LogP contribution in [0.4, 0.5) is 0 Å². The van der Waals surface area contributed by atoms with Gasteiger partial charge in [0.15, 0.2) is 0 Å². The first kappa shape index (κ1) is 11.5. The molecule has 0 bridgehead atoms. The molecule has 0 amide bonds. The van der Waals surface area contributed by atoms with E-state index in [0.29, 0.717) is 23.2 Å². The molecule has 1 atom stereocenters. The van der Waals surface area contributed by atoms with E-state index in [-0.39, 0.29) is 0 Å². The molecule has 3 aliphatic carbocycles. The second-order valence-corrected chi connectivity index (χ2v) is 6.92. The number of fused-ring (bicyclic) bond motifs is 3. The highest BCUT2D eigenvalue weighted by Gasteiger charge is 2.63. The van der Waals surface area contributed by atoms with Gasteiger partial charge in [-0.15, -0.1) is 0 Å². The van der Waals surface area contributed by atoms with Gasteiger partial charge >= 0.3 is 0 Å². The quantitative estimate of drug-likeness (QED) is 0.711. The molecule has 98 valence electrons. The molecule has 1 heteroatoms. The molecule has 3 aliphatic rings. The molecule has 0 N–H and O–H groups in total. The minimum absolute atomic E-state index is 0.491. The predicted molar refractivity (Wildman–Crippen MR) is 75.8 cm³/mol. The van der Waals surface area contributed by atoms with Gasteiger partial charge in [0, 0.05) is 11.8 Å². The van der Waals surface area contributed by atoms with Crippen molar-refractivity contribution >= 4 is 0 Å². The minimum atomic E-state index is 0.491. The Bertz CT molecular complexity index is 541. The van der Waals surface area contributed by atoms with Gasteiger partial charge in [-0.3, -0.25) is 0 Å². The number of nitrogens with zero attached hydrogens (tertiary/aromatic N) is 1. The van der Waals surface area contributed by atoms with E-state index in [4.69, 9.17) is 0 Å². The molecule has 2 saturated carbocycles. The number of nitriles is 1. The van der Waals surface area contributed by atoms with Crippen LogP contribution < -0.4 is 0 Å². The Hall–Kier alpha value is -1.29. The average molecular weight is 251 g/mol. The Morgan fingerprint density at radius 1 is 1.11 bits per heavy atom. The van der Waals surface area contributed by atoms with Crippen molar-refractivity contribution in [3.05, 3.63) is 35.4 Å². The third kappa shape index (κ3) is 1.41. The van der Waals surface area contributed by atoms with Gasteiger partial charge in [-0.2, -0.15) is 5.26 Å². The standard InChI is InChI=1S/C18H21N/c19-12-7-14-13-17(8-3-4-9-17)18(10-11-18)16-6-2-1-5-15(14)16/h1-2,5-6,14H,3-4,7-11,13H2. The van der Waals surface area contributed by atoms with Crippen LogP contribution in [0.15, 0.2) is 24.3 Å². The lowest BCUT2D eigenvalue weighted by Crippen LogP contribution is -2.39. The Kier molecular flexibility index (Phi) is 2.34. The zero-order valence-corrected chi connectivity index (χ0v) is 11.5.